The molecule has 0 aliphatic rings. The van der Waals surface area contributed by atoms with E-state index in [0.29, 0.717) is 0 Å². The lowest BCUT2D eigenvalue weighted by molar-refractivity contribution is 0.615. The first-order chi connectivity index (χ1) is 12.1. The molecule has 2 N–H and O–H groups in total. The Kier molecular flexibility index (Phi) is 9.87. The van der Waals surface area contributed by atoms with Gasteiger partial charge in [-0.05, 0) is 25.3 Å². The Hall–Kier alpha value is -1.54. The zero-order valence-electron chi connectivity index (χ0n) is 15.5. The zero-order chi connectivity index (χ0) is 17.6. The maximum Gasteiger partial charge on any atom is 0.190 e. The van der Waals surface area contributed by atoms with E-state index in [9.17, 15) is 0 Å². The molecule has 0 fully saturated rings. The molecular weight excluding hydrogens is 403 g/mol. The van der Waals surface area contributed by atoms with Gasteiger partial charge < -0.3 is 14.9 Å². The van der Waals surface area contributed by atoms with E-state index in [1.807, 2.05) is 49.1 Å². The van der Waals surface area contributed by atoms with E-state index in [1.165, 1.54) is 5.56 Å². The number of aryl methyl sites for hydroxylation is 2. The van der Waals surface area contributed by atoms with Gasteiger partial charge in [-0.25, -0.2) is 4.98 Å². The molecular formula is C18H26Cl2N6S. The van der Waals surface area contributed by atoms with E-state index in [-0.39, 0.29) is 30.9 Å². The van der Waals surface area contributed by atoms with E-state index < -0.39 is 0 Å². The van der Waals surface area contributed by atoms with Crippen LogP contribution in [0.15, 0.2) is 47.9 Å². The summed E-state index contributed by atoms with van der Waals surface area (Å²) in [4.78, 5) is 4.24. The van der Waals surface area contributed by atoms with Gasteiger partial charge in [-0.3, -0.25) is 0 Å². The SMILES string of the molecule is Cc1nccn1CCCSc1nnc(C(N)Cc2ccccc2)n1C.Cl.Cl. The molecule has 148 valence electrons. The summed E-state index contributed by atoms with van der Waals surface area (Å²) >= 11 is 1.72. The molecule has 1 aromatic carbocycles. The summed E-state index contributed by atoms with van der Waals surface area (Å²) in [6.45, 7) is 2.99. The Morgan fingerprint density at radius 2 is 1.89 bits per heavy atom. The molecule has 0 aliphatic carbocycles. The topological polar surface area (TPSA) is 74.6 Å². The van der Waals surface area contributed by atoms with Crippen LogP contribution in [0.3, 0.4) is 0 Å². The van der Waals surface area contributed by atoms with Gasteiger partial charge in [0.25, 0.3) is 0 Å². The van der Waals surface area contributed by atoms with Gasteiger partial charge in [0.1, 0.15) is 5.82 Å². The highest BCUT2D eigenvalue weighted by Gasteiger charge is 2.16. The maximum absolute atomic E-state index is 6.33. The van der Waals surface area contributed by atoms with Gasteiger partial charge in [0, 0.05) is 31.7 Å². The van der Waals surface area contributed by atoms with Crippen LogP contribution in [0.2, 0.25) is 0 Å². The van der Waals surface area contributed by atoms with Crippen molar-refractivity contribution in [3.8, 4) is 0 Å². The number of imidazole rings is 1. The molecule has 0 amide bonds. The fraction of sp³-hybridized carbons (Fsp3) is 0.389. The van der Waals surface area contributed by atoms with Crippen LogP contribution in [-0.4, -0.2) is 30.1 Å². The second-order valence-electron chi connectivity index (χ2n) is 6.07. The summed E-state index contributed by atoms with van der Waals surface area (Å²) < 4.78 is 4.18. The van der Waals surface area contributed by atoms with Crippen molar-refractivity contribution < 1.29 is 0 Å². The van der Waals surface area contributed by atoms with E-state index in [4.69, 9.17) is 5.73 Å². The molecule has 0 bridgehead atoms. The van der Waals surface area contributed by atoms with Crippen molar-refractivity contribution in [1.82, 2.24) is 24.3 Å². The second-order valence-corrected chi connectivity index (χ2v) is 7.13. The quantitative estimate of drug-likeness (QED) is 0.438. The standard InChI is InChI=1S/C18H24N6S.2ClH/c1-14-20-9-11-24(14)10-6-12-25-18-22-21-17(23(18)2)16(19)13-15-7-4-3-5-8-15;;/h3-5,7-9,11,16H,6,10,12-13,19H2,1-2H3;2*1H. The highest BCUT2D eigenvalue weighted by Crippen LogP contribution is 2.21. The molecule has 2 heterocycles. The van der Waals surface area contributed by atoms with E-state index in [2.05, 4.69) is 31.9 Å². The van der Waals surface area contributed by atoms with E-state index in [1.54, 1.807) is 11.8 Å². The summed E-state index contributed by atoms with van der Waals surface area (Å²) in [7, 11) is 1.99. The molecule has 3 aromatic rings. The Bertz CT molecular complexity index is 805. The first-order valence-electron chi connectivity index (χ1n) is 8.44. The van der Waals surface area contributed by atoms with Crippen molar-refractivity contribution in [3.05, 3.63) is 59.9 Å². The lowest BCUT2D eigenvalue weighted by Gasteiger charge is -2.11. The number of rotatable bonds is 8. The molecule has 0 spiro atoms. The molecule has 2 aromatic heterocycles. The van der Waals surface area contributed by atoms with Gasteiger partial charge in [-0.1, -0.05) is 42.1 Å². The van der Waals surface area contributed by atoms with Gasteiger partial charge in [0.2, 0.25) is 0 Å². The van der Waals surface area contributed by atoms with Gasteiger partial charge in [-0.2, -0.15) is 0 Å². The molecule has 0 saturated carbocycles. The third-order valence-electron chi connectivity index (χ3n) is 4.20. The van der Waals surface area contributed by atoms with Crippen LogP contribution in [0.5, 0.6) is 0 Å². The molecule has 0 saturated heterocycles. The number of hydrogen-bond acceptors (Lipinski definition) is 5. The summed E-state index contributed by atoms with van der Waals surface area (Å²) in [6, 6.07) is 10.1. The molecule has 1 atom stereocenters. The predicted molar refractivity (Wildman–Crippen MR) is 115 cm³/mol. The van der Waals surface area contributed by atoms with E-state index in [0.717, 1.165) is 41.9 Å². The van der Waals surface area contributed by atoms with Crippen molar-refractivity contribution in [1.29, 1.82) is 0 Å². The van der Waals surface area contributed by atoms with Crippen molar-refractivity contribution >= 4 is 36.6 Å². The lowest BCUT2D eigenvalue weighted by atomic mass is 10.1. The molecule has 3 rings (SSSR count). The van der Waals surface area contributed by atoms with Gasteiger partial charge in [0.05, 0.1) is 6.04 Å². The van der Waals surface area contributed by atoms with Gasteiger partial charge in [0.15, 0.2) is 11.0 Å². The van der Waals surface area contributed by atoms with Crippen molar-refractivity contribution in [2.24, 2.45) is 12.8 Å². The first kappa shape index (κ1) is 23.5. The average Bonchev–Trinajstić information content (AvgIpc) is 3.18. The van der Waals surface area contributed by atoms with Crippen LogP contribution in [0.4, 0.5) is 0 Å². The van der Waals surface area contributed by atoms with E-state index >= 15 is 0 Å². The number of thioether (sulfide) groups is 1. The molecule has 27 heavy (non-hydrogen) atoms. The fourth-order valence-corrected chi connectivity index (χ4v) is 3.61. The van der Waals surface area contributed by atoms with Gasteiger partial charge in [-0.15, -0.1) is 35.0 Å². The Morgan fingerprint density at radius 3 is 2.56 bits per heavy atom. The van der Waals surface area contributed by atoms with Crippen molar-refractivity contribution in [3.63, 3.8) is 0 Å². The fourth-order valence-electron chi connectivity index (χ4n) is 2.77. The summed E-state index contributed by atoms with van der Waals surface area (Å²) in [5, 5.41) is 9.53. The largest absolute Gasteiger partial charge is 0.335 e. The predicted octanol–water partition coefficient (Wildman–Crippen LogP) is 3.59. The smallest absolute Gasteiger partial charge is 0.190 e. The molecule has 0 aliphatic heterocycles. The van der Waals surface area contributed by atoms with Crippen LogP contribution in [0, 0.1) is 6.92 Å². The second kappa shape index (κ2) is 11.3. The van der Waals surface area contributed by atoms with Crippen molar-refractivity contribution in [2.45, 2.75) is 37.5 Å². The monoisotopic (exact) mass is 428 g/mol. The van der Waals surface area contributed by atoms with Gasteiger partial charge >= 0.3 is 0 Å². The summed E-state index contributed by atoms with van der Waals surface area (Å²) in [6.07, 6.45) is 5.67. The van der Waals surface area contributed by atoms with Crippen LogP contribution in [-0.2, 0) is 20.0 Å². The first-order valence-corrected chi connectivity index (χ1v) is 9.43. The Labute approximate surface area is 176 Å². The summed E-state index contributed by atoms with van der Waals surface area (Å²) in [5.74, 6) is 2.87. The third-order valence-corrected chi connectivity index (χ3v) is 5.30. The number of benzene rings is 1. The molecule has 9 heteroatoms. The third kappa shape index (κ3) is 6.24. The Morgan fingerprint density at radius 1 is 1.15 bits per heavy atom. The van der Waals surface area contributed by atoms with Crippen LogP contribution in [0.25, 0.3) is 0 Å². The highest BCUT2D eigenvalue weighted by molar-refractivity contribution is 7.99. The molecule has 1 unspecified atom stereocenters. The summed E-state index contributed by atoms with van der Waals surface area (Å²) in [5.41, 5.74) is 7.54. The number of nitrogens with two attached hydrogens (primary N) is 1. The normalized spacial score (nSPS) is 11.5. The average molecular weight is 429 g/mol. The van der Waals surface area contributed by atoms with Crippen LogP contribution < -0.4 is 5.73 Å². The number of aromatic nitrogens is 5. The zero-order valence-corrected chi connectivity index (χ0v) is 17.9. The number of halogens is 2. The number of hydrogen-bond donors (Lipinski definition) is 1. The minimum atomic E-state index is -0.150. The van der Waals surface area contributed by atoms with Crippen LogP contribution in [0.1, 0.15) is 29.7 Å². The highest BCUT2D eigenvalue weighted by atomic mass is 35.5. The van der Waals surface area contributed by atoms with Crippen LogP contribution >= 0.6 is 36.6 Å². The minimum absolute atomic E-state index is 0. The Balaban J connectivity index is 0.00000182. The molecule has 0 radical (unpaired) electrons. The van der Waals surface area contributed by atoms with Crippen molar-refractivity contribution in [2.75, 3.05) is 5.75 Å². The maximum atomic E-state index is 6.33. The lowest BCUT2D eigenvalue weighted by Crippen LogP contribution is -2.18. The number of nitrogens with zero attached hydrogens (tertiary/aromatic N) is 5. The molecule has 6 nitrogen and oxygen atoms in total. The minimum Gasteiger partial charge on any atom is -0.335 e.